The first-order valence-electron chi connectivity index (χ1n) is 7.16. The minimum atomic E-state index is -0.845. The second kappa shape index (κ2) is 7.71. The first-order valence-corrected chi connectivity index (χ1v) is 7.16. The van der Waals surface area contributed by atoms with Gasteiger partial charge in [0.15, 0.2) is 0 Å². The summed E-state index contributed by atoms with van der Waals surface area (Å²) in [7, 11) is 0. The molecule has 1 aromatic rings. The maximum Gasteiger partial charge on any atom is 0.315 e. The summed E-state index contributed by atoms with van der Waals surface area (Å²) in [6.07, 6.45) is 0.772. The van der Waals surface area contributed by atoms with E-state index >= 15 is 0 Å². The third-order valence-electron chi connectivity index (χ3n) is 3.49. The summed E-state index contributed by atoms with van der Waals surface area (Å²) >= 11 is 0. The van der Waals surface area contributed by atoms with Gasteiger partial charge in [0.25, 0.3) is 0 Å². The zero-order valence-electron chi connectivity index (χ0n) is 13.0. The van der Waals surface area contributed by atoms with Crippen molar-refractivity contribution in [3.8, 4) is 0 Å². The van der Waals surface area contributed by atoms with Crippen LogP contribution >= 0.6 is 0 Å². The fraction of sp³-hybridized carbons (Fsp3) is 0.600. The van der Waals surface area contributed by atoms with Gasteiger partial charge in [-0.15, -0.1) is 0 Å². The van der Waals surface area contributed by atoms with E-state index in [4.69, 9.17) is 9.52 Å². The summed E-state index contributed by atoms with van der Waals surface area (Å²) < 4.78 is 5.44. The van der Waals surface area contributed by atoms with E-state index in [1.807, 2.05) is 33.8 Å². The molecule has 0 aliphatic rings. The van der Waals surface area contributed by atoms with Gasteiger partial charge in [-0.05, 0) is 32.8 Å². The van der Waals surface area contributed by atoms with Crippen molar-refractivity contribution in [1.29, 1.82) is 0 Å². The minimum Gasteiger partial charge on any atom is -0.481 e. The molecule has 21 heavy (non-hydrogen) atoms. The van der Waals surface area contributed by atoms with Crippen molar-refractivity contribution >= 4 is 12.0 Å². The fourth-order valence-electron chi connectivity index (χ4n) is 2.25. The van der Waals surface area contributed by atoms with Crippen LogP contribution in [0.2, 0.25) is 0 Å². The quantitative estimate of drug-likeness (QED) is 0.721. The fourth-order valence-corrected chi connectivity index (χ4v) is 2.25. The zero-order chi connectivity index (χ0) is 16.0. The Balaban J connectivity index is 2.46. The summed E-state index contributed by atoms with van der Waals surface area (Å²) in [6, 6.07) is 1.44. The highest BCUT2D eigenvalue weighted by Crippen LogP contribution is 2.20. The number of carboxylic acid groups (broad SMARTS) is 1. The lowest BCUT2D eigenvalue weighted by molar-refractivity contribution is -0.138. The van der Waals surface area contributed by atoms with E-state index in [-0.39, 0.29) is 24.4 Å². The van der Waals surface area contributed by atoms with Gasteiger partial charge >= 0.3 is 12.0 Å². The normalized spacial score (nSPS) is 13.5. The molecule has 1 rings (SSSR count). The molecule has 2 amide bonds. The molecule has 2 unspecified atom stereocenters. The van der Waals surface area contributed by atoms with Gasteiger partial charge < -0.3 is 20.2 Å². The highest BCUT2D eigenvalue weighted by molar-refractivity contribution is 5.74. The summed E-state index contributed by atoms with van der Waals surface area (Å²) in [6.45, 7) is 7.86. The van der Waals surface area contributed by atoms with Gasteiger partial charge in [-0.1, -0.05) is 13.3 Å². The largest absolute Gasteiger partial charge is 0.481 e. The molecule has 0 aliphatic carbocycles. The number of carboxylic acids is 1. The molecule has 0 fully saturated rings. The SMILES string of the molecule is CCC(CNC(=O)NC(C)c1cc(C)oc1C)CC(=O)O. The Labute approximate surface area is 124 Å². The standard InChI is InChI=1S/C15H24N2O4/c1-5-12(7-14(18)19)8-16-15(20)17-10(3)13-6-9(2)21-11(13)4/h6,10,12H,5,7-8H2,1-4H3,(H,18,19)(H2,16,17,20). The Morgan fingerprint density at radius 2 is 2.05 bits per heavy atom. The molecule has 0 saturated heterocycles. The summed E-state index contributed by atoms with van der Waals surface area (Å²) in [5, 5.41) is 14.3. The van der Waals surface area contributed by atoms with Crippen LogP contribution < -0.4 is 10.6 Å². The lowest BCUT2D eigenvalue weighted by atomic mass is 10.0. The molecular weight excluding hydrogens is 272 g/mol. The van der Waals surface area contributed by atoms with Crippen LogP contribution in [0.1, 0.15) is 49.8 Å². The Hall–Kier alpha value is -1.98. The molecule has 2 atom stereocenters. The van der Waals surface area contributed by atoms with Crippen molar-refractivity contribution in [1.82, 2.24) is 10.6 Å². The molecule has 0 spiro atoms. The molecule has 0 bridgehead atoms. The summed E-state index contributed by atoms with van der Waals surface area (Å²) in [4.78, 5) is 22.5. The average molecular weight is 296 g/mol. The second-order valence-corrected chi connectivity index (χ2v) is 5.32. The van der Waals surface area contributed by atoms with Crippen molar-refractivity contribution in [2.45, 2.75) is 46.6 Å². The average Bonchev–Trinajstić information content (AvgIpc) is 2.73. The van der Waals surface area contributed by atoms with E-state index < -0.39 is 5.97 Å². The number of aryl methyl sites for hydroxylation is 2. The minimum absolute atomic E-state index is 0.0542. The Kier molecular flexibility index (Phi) is 6.27. The van der Waals surface area contributed by atoms with E-state index in [0.29, 0.717) is 13.0 Å². The van der Waals surface area contributed by atoms with E-state index in [9.17, 15) is 9.59 Å². The predicted octanol–water partition coefficient (Wildman–Crippen LogP) is 2.76. The predicted molar refractivity (Wildman–Crippen MR) is 79.2 cm³/mol. The van der Waals surface area contributed by atoms with Gasteiger partial charge in [-0.3, -0.25) is 4.79 Å². The van der Waals surface area contributed by atoms with Crippen LogP contribution in [-0.4, -0.2) is 23.7 Å². The molecule has 6 nitrogen and oxygen atoms in total. The molecule has 1 aromatic heterocycles. The molecule has 6 heteroatoms. The van der Waals surface area contributed by atoms with E-state index in [1.165, 1.54) is 0 Å². The first-order chi connectivity index (χ1) is 9.83. The van der Waals surface area contributed by atoms with Crippen molar-refractivity contribution in [3.63, 3.8) is 0 Å². The maximum atomic E-state index is 11.9. The van der Waals surface area contributed by atoms with Crippen molar-refractivity contribution < 1.29 is 19.1 Å². The van der Waals surface area contributed by atoms with E-state index in [2.05, 4.69) is 10.6 Å². The van der Waals surface area contributed by atoms with Gasteiger partial charge in [0, 0.05) is 18.5 Å². The smallest absolute Gasteiger partial charge is 0.315 e. The second-order valence-electron chi connectivity index (χ2n) is 5.32. The molecule has 0 aromatic carbocycles. The number of carbonyl (C=O) groups excluding carboxylic acids is 1. The Bertz CT molecular complexity index is 496. The maximum absolute atomic E-state index is 11.9. The monoisotopic (exact) mass is 296 g/mol. The number of urea groups is 1. The summed E-state index contributed by atoms with van der Waals surface area (Å²) in [5.74, 6) is 0.699. The third kappa shape index (κ3) is 5.49. The lowest BCUT2D eigenvalue weighted by Crippen LogP contribution is -2.39. The number of hydrogen-bond donors (Lipinski definition) is 3. The van der Waals surface area contributed by atoms with Gasteiger partial charge in [0.1, 0.15) is 11.5 Å². The van der Waals surface area contributed by atoms with Crippen molar-refractivity contribution in [2.75, 3.05) is 6.54 Å². The van der Waals surface area contributed by atoms with Crippen LogP contribution in [-0.2, 0) is 4.79 Å². The topological polar surface area (TPSA) is 91.6 Å². The number of aliphatic carboxylic acids is 1. The van der Waals surface area contributed by atoms with Gasteiger partial charge in [-0.25, -0.2) is 4.79 Å². The molecular formula is C15H24N2O4. The molecule has 1 heterocycles. The number of hydrogen-bond acceptors (Lipinski definition) is 3. The van der Waals surface area contributed by atoms with E-state index in [0.717, 1.165) is 17.1 Å². The number of furan rings is 1. The van der Waals surface area contributed by atoms with Crippen LogP contribution in [0.15, 0.2) is 10.5 Å². The van der Waals surface area contributed by atoms with Gasteiger partial charge in [-0.2, -0.15) is 0 Å². The number of nitrogens with one attached hydrogen (secondary N) is 2. The number of amides is 2. The van der Waals surface area contributed by atoms with Gasteiger partial charge in [0.2, 0.25) is 0 Å². The van der Waals surface area contributed by atoms with Crippen LogP contribution in [0.4, 0.5) is 4.79 Å². The van der Waals surface area contributed by atoms with E-state index in [1.54, 1.807) is 0 Å². The van der Waals surface area contributed by atoms with Crippen LogP contribution in [0.25, 0.3) is 0 Å². The Morgan fingerprint density at radius 1 is 1.38 bits per heavy atom. The molecule has 0 aliphatic heterocycles. The summed E-state index contributed by atoms with van der Waals surface area (Å²) in [5.41, 5.74) is 0.945. The van der Waals surface area contributed by atoms with Crippen molar-refractivity contribution in [2.24, 2.45) is 5.92 Å². The molecule has 118 valence electrons. The molecule has 3 N–H and O–H groups in total. The highest BCUT2D eigenvalue weighted by atomic mass is 16.4. The Morgan fingerprint density at radius 3 is 2.52 bits per heavy atom. The number of rotatable bonds is 7. The lowest BCUT2D eigenvalue weighted by Gasteiger charge is -2.17. The van der Waals surface area contributed by atoms with Crippen LogP contribution in [0, 0.1) is 19.8 Å². The van der Waals surface area contributed by atoms with Crippen LogP contribution in [0.3, 0.4) is 0 Å². The highest BCUT2D eigenvalue weighted by Gasteiger charge is 2.16. The zero-order valence-corrected chi connectivity index (χ0v) is 13.0. The van der Waals surface area contributed by atoms with Crippen molar-refractivity contribution in [3.05, 3.63) is 23.2 Å². The number of carbonyl (C=O) groups is 2. The van der Waals surface area contributed by atoms with Gasteiger partial charge in [0.05, 0.1) is 6.04 Å². The van der Waals surface area contributed by atoms with Crippen LogP contribution in [0.5, 0.6) is 0 Å². The molecule has 0 radical (unpaired) electrons. The third-order valence-corrected chi connectivity index (χ3v) is 3.49. The first kappa shape index (κ1) is 17.1. The molecule has 0 saturated carbocycles.